The van der Waals surface area contributed by atoms with Gasteiger partial charge in [-0.2, -0.15) is 0 Å². The second-order valence-electron chi connectivity index (χ2n) is 5.40. The molecule has 0 unspecified atom stereocenters. The molecule has 0 atom stereocenters. The summed E-state index contributed by atoms with van der Waals surface area (Å²) >= 11 is 7.59. The van der Waals surface area contributed by atoms with Crippen molar-refractivity contribution in [2.24, 2.45) is 7.05 Å². The third-order valence-electron chi connectivity index (χ3n) is 3.54. The van der Waals surface area contributed by atoms with Gasteiger partial charge in [0.25, 0.3) is 0 Å². The molecule has 1 aromatic carbocycles. The van der Waals surface area contributed by atoms with Gasteiger partial charge in [0.2, 0.25) is 0 Å². The number of aromatic nitrogens is 4. The average molecular weight is 389 g/mol. The Kier molecular flexibility index (Phi) is 6.08. The van der Waals surface area contributed by atoms with Gasteiger partial charge in [-0.3, -0.25) is 4.98 Å². The van der Waals surface area contributed by atoms with E-state index in [4.69, 9.17) is 11.6 Å². The number of halogens is 1. The number of anilines is 1. The van der Waals surface area contributed by atoms with E-state index in [0.717, 1.165) is 16.5 Å². The lowest BCUT2D eigenvalue weighted by molar-refractivity contribution is 0.251. The first-order valence-electron chi connectivity index (χ1n) is 7.83. The number of benzene rings is 1. The Bertz CT molecular complexity index is 886. The highest BCUT2D eigenvalue weighted by Gasteiger charge is 2.11. The minimum absolute atomic E-state index is 0.257. The number of urea groups is 1. The van der Waals surface area contributed by atoms with Gasteiger partial charge in [0.1, 0.15) is 0 Å². The van der Waals surface area contributed by atoms with Crippen LogP contribution in [0.4, 0.5) is 10.5 Å². The van der Waals surface area contributed by atoms with Gasteiger partial charge >= 0.3 is 6.03 Å². The van der Waals surface area contributed by atoms with Crippen LogP contribution in [0.2, 0.25) is 5.02 Å². The van der Waals surface area contributed by atoms with Gasteiger partial charge in [0, 0.05) is 25.2 Å². The molecule has 0 spiro atoms. The van der Waals surface area contributed by atoms with Crippen LogP contribution >= 0.6 is 23.4 Å². The summed E-state index contributed by atoms with van der Waals surface area (Å²) in [6.07, 6.45) is 3.57. The molecule has 0 bridgehead atoms. The Balaban J connectivity index is 1.53. The number of hydrogen-bond donors (Lipinski definition) is 2. The molecule has 0 aliphatic heterocycles. The summed E-state index contributed by atoms with van der Waals surface area (Å²) in [6, 6.07) is 10.6. The molecule has 26 heavy (non-hydrogen) atoms. The highest BCUT2D eigenvalue weighted by atomic mass is 35.5. The van der Waals surface area contributed by atoms with Crippen LogP contribution in [0.15, 0.2) is 53.9 Å². The number of nitrogens with zero attached hydrogens (tertiary/aromatic N) is 4. The summed E-state index contributed by atoms with van der Waals surface area (Å²) in [5.74, 6) is 1.41. The summed E-state index contributed by atoms with van der Waals surface area (Å²) in [5, 5.41) is 15.0. The quantitative estimate of drug-likeness (QED) is 0.631. The fourth-order valence-corrected chi connectivity index (χ4v) is 3.19. The number of hydrogen-bond acceptors (Lipinski definition) is 5. The van der Waals surface area contributed by atoms with Crippen molar-refractivity contribution in [3.8, 4) is 0 Å². The average Bonchev–Trinajstić information content (AvgIpc) is 3.01. The molecule has 0 aliphatic rings. The maximum Gasteiger partial charge on any atom is 0.319 e. The Morgan fingerprint density at radius 1 is 1.23 bits per heavy atom. The highest BCUT2D eigenvalue weighted by molar-refractivity contribution is 7.98. The van der Waals surface area contributed by atoms with Crippen molar-refractivity contribution in [1.82, 2.24) is 25.1 Å². The topological polar surface area (TPSA) is 84.7 Å². The molecule has 0 fully saturated rings. The van der Waals surface area contributed by atoms with Crippen molar-refractivity contribution >= 4 is 35.1 Å². The van der Waals surface area contributed by atoms with Crippen LogP contribution < -0.4 is 10.6 Å². The standard InChI is InChI=1S/C17H17ClN6OS/c1-24-15(10-20-16(25)21-14-7-3-2-6-13(14)18)22-23-17(24)26-11-12-5-4-8-19-9-12/h2-9H,10-11H2,1H3,(H2,20,21,25). The maximum atomic E-state index is 12.0. The van der Waals surface area contributed by atoms with Crippen LogP contribution in [0.3, 0.4) is 0 Å². The maximum absolute atomic E-state index is 12.0. The minimum Gasteiger partial charge on any atom is -0.331 e. The van der Waals surface area contributed by atoms with E-state index in [-0.39, 0.29) is 12.6 Å². The van der Waals surface area contributed by atoms with Crippen LogP contribution in [0.1, 0.15) is 11.4 Å². The van der Waals surface area contributed by atoms with Gasteiger partial charge in [0.15, 0.2) is 11.0 Å². The number of nitrogens with one attached hydrogen (secondary N) is 2. The molecule has 2 heterocycles. The van der Waals surface area contributed by atoms with Crippen LogP contribution in [-0.4, -0.2) is 25.8 Å². The van der Waals surface area contributed by atoms with Gasteiger partial charge in [-0.05, 0) is 23.8 Å². The van der Waals surface area contributed by atoms with Crippen molar-refractivity contribution in [3.05, 3.63) is 65.2 Å². The first kappa shape index (κ1) is 18.2. The van der Waals surface area contributed by atoms with Gasteiger partial charge in [-0.15, -0.1) is 10.2 Å². The zero-order valence-electron chi connectivity index (χ0n) is 14.0. The number of carbonyl (C=O) groups excluding carboxylic acids is 1. The lowest BCUT2D eigenvalue weighted by Crippen LogP contribution is -2.29. The first-order chi connectivity index (χ1) is 12.6. The largest absolute Gasteiger partial charge is 0.331 e. The Hall–Kier alpha value is -2.58. The van der Waals surface area contributed by atoms with Gasteiger partial charge in [-0.25, -0.2) is 4.79 Å². The fourth-order valence-electron chi connectivity index (χ4n) is 2.14. The molecule has 0 saturated heterocycles. The smallest absolute Gasteiger partial charge is 0.319 e. The van der Waals surface area contributed by atoms with Gasteiger partial charge < -0.3 is 15.2 Å². The molecule has 2 N–H and O–H groups in total. The Labute approximate surface area is 160 Å². The Morgan fingerprint density at radius 2 is 2.08 bits per heavy atom. The van der Waals surface area contributed by atoms with E-state index in [0.29, 0.717) is 16.5 Å². The SMILES string of the molecule is Cn1c(CNC(=O)Nc2ccccc2Cl)nnc1SCc1cccnc1. The summed E-state index contributed by atoms with van der Waals surface area (Å²) in [5.41, 5.74) is 1.66. The fraction of sp³-hybridized carbons (Fsp3) is 0.176. The lowest BCUT2D eigenvalue weighted by Gasteiger charge is -2.09. The molecule has 0 saturated carbocycles. The van der Waals surface area contributed by atoms with E-state index in [1.807, 2.05) is 29.9 Å². The van der Waals surface area contributed by atoms with Gasteiger partial charge in [0.05, 0.1) is 17.3 Å². The number of rotatable bonds is 6. The second kappa shape index (κ2) is 8.68. The lowest BCUT2D eigenvalue weighted by atomic mass is 10.3. The van der Waals surface area contributed by atoms with Gasteiger partial charge in [-0.1, -0.05) is 41.6 Å². The first-order valence-corrected chi connectivity index (χ1v) is 9.19. The molecule has 9 heteroatoms. The Morgan fingerprint density at radius 3 is 2.85 bits per heavy atom. The van der Waals surface area contributed by atoms with Crippen molar-refractivity contribution < 1.29 is 4.79 Å². The minimum atomic E-state index is -0.356. The predicted octanol–water partition coefficient (Wildman–Crippen LogP) is 3.48. The van der Waals surface area contributed by atoms with E-state index >= 15 is 0 Å². The van der Waals surface area contributed by atoms with Crippen molar-refractivity contribution in [1.29, 1.82) is 0 Å². The number of pyridine rings is 1. The van der Waals surface area contributed by atoms with E-state index < -0.39 is 0 Å². The van der Waals surface area contributed by atoms with E-state index in [1.165, 1.54) is 0 Å². The molecule has 2 amide bonds. The molecule has 3 aromatic rings. The summed E-state index contributed by atoms with van der Waals surface area (Å²) in [6.45, 7) is 0.257. The molecule has 3 rings (SSSR count). The van der Waals surface area contributed by atoms with Crippen molar-refractivity contribution in [2.75, 3.05) is 5.32 Å². The summed E-state index contributed by atoms with van der Waals surface area (Å²) < 4.78 is 1.86. The second-order valence-corrected chi connectivity index (χ2v) is 6.74. The van der Waals surface area contributed by atoms with Crippen LogP contribution in [-0.2, 0) is 19.3 Å². The number of para-hydroxylation sites is 1. The normalized spacial score (nSPS) is 10.5. The zero-order chi connectivity index (χ0) is 18.4. The van der Waals surface area contributed by atoms with Crippen molar-refractivity contribution in [2.45, 2.75) is 17.5 Å². The number of thioether (sulfide) groups is 1. The molecule has 0 radical (unpaired) electrons. The van der Waals surface area contributed by atoms with E-state index in [9.17, 15) is 4.79 Å². The summed E-state index contributed by atoms with van der Waals surface area (Å²) in [4.78, 5) is 16.1. The molecule has 0 aliphatic carbocycles. The predicted molar refractivity (Wildman–Crippen MR) is 102 cm³/mol. The van der Waals surface area contributed by atoms with E-state index in [1.54, 1.807) is 42.2 Å². The van der Waals surface area contributed by atoms with Crippen LogP contribution in [0.25, 0.3) is 0 Å². The van der Waals surface area contributed by atoms with Crippen LogP contribution in [0.5, 0.6) is 0 Å². The van der Waals surface area contributed by atoms with E-state index in [2.05, 4.69) is 25.8 Å². The third-order valence-corrected chi connectivity index (χ3v) is 4.97. The van der Waals surface area contributed by atoms with Crippen molar-refractivity contribution in [3.63, 3.8) is 0 Å². The molecular weight excluding hydrogens is 372 g/mol. The van der Waals surface area contributed by atoms with Crippen LogP contribution in [0, 0.1) is 0 Å². The monoisotopic (exact) mass is 388 g/mol. The number of amides is 2. The molecule has 7 nitrogen and oxygen atoms in total. The molecule has 134 valence electrons. The zero-order valence-corrected chi connectivity index (χ0v) is 15.6. The highest BCUT2D eigenvalue weighted by Crippen LogP contribution is 2.21. The molecular formula is C17H17ClN6OS. The molecule has 2 aromatic heterocycles. The summed E-state index contributed by atoms with van der Waals surface area (Å²) in [7, 11) is 1.87. The number of carbonyl (C=O) groups is 1. The third kappa shape index (κ3) is 4.74.